The van der Waals surface area contributed by atoms with Crippen LogP contribution in [0, 0.1) is 11.8 Å². The van der Waals surface area contributed by atoms with Gasteiger partial charge in [-0.05, 0) is 49.9 Å². The van der Waals surface area contributed by atoms with E-state index in [0.717, 1.165) is 25.4 Å². The zero-order valence-electron chi connectivity index (χ0n) is 12.9. The molecule has 1 fully saturated rings. The molecule has 4 nitrogen and oxygen atoms in total. The highest BCUT2D eigenvalue weighted by Gasteiger charge is 2.28. The monoisotopic (exact) mass is 309 g/mol. The number of rotatable bonds is 3. The van der Waals surface area contributed by atoms with Crippen molar-refractivity contribution in [2.75, 3.05) is 24.1 Å². The highest BCUT2D eigenvalue weighted by Crippen LogP contribution is 2.25. The van der Waals surface area contributed by atoms with Crippen molar-refractivity contribution in [2.24, 2.45) is 11.8 Å². The molecular weight excluding hydrogens is 286 g/mol. The number of hydrogen-bond donors (Lipinski definition) is 2. The lowest BCUT2D eigenvalue weighted by Gasteiger charge is -2.38. The number of hydrogen-bond acceptors (Lipinski definition) is 3. The fourth-order valence-electron chi connectivity index (χ4n) is 2.68. The van der Waals surface area contributed by atoms with Crippen molar-refractivity contribution in [1.29, 1.82) is 0 Å². The number of amides is 1. The van der Waals surface area contributed by atoms with Crippen molar-refractivity contribution in [3.63, 3.8) is 0 Å². The van der Waals surface area contributed by atoms with E-state index in [1.54, 1.807) is 18.2 Å². The zero-order chi connectivity index (χ0) is 15.6. The summed E-state index contributed by atoms with van der Waals surface area (Å²) in [5.74, 6) is 1.35. The average molecular weight is 310 g/mol. The van der Waals surface area contributed by atoms with Crippen LogP contribution in [0.3, 0.4) is 0 Å². The summed E-state index contributed by atoms with van der Waals surface area (Å²) in [7, 11) is 0. The van der Waals surface area contributed by atoms with Crippen molar-refractivity contribution >= 4 is 28.9 Å². The Bertz CT molecular complexity index is 520. The molecule has 0 saturated carbocycles. The third-order valence-electron chi connectivity index (χ3n) is 4.56. The van der Waals surface area contributed by atoms with Crippen LogP contribution in [0.4, 0.5) is 11.4 Å². The number of piperidine rings is 1. The van der Waals surface area contributed by atoms with E-state index in [1.165, 1.54) is 0 Å². The van der Waals surface area contributed by atoms with Gasteiger partial charge in [0, 0.05) is 12.2 Å². The fourth-order valence-corrected chi connectivity index (χ4v) is 2.80. The molecule has 3 atom stereocenters. The molecule has 0 aromatic heterocycles. The molecule has 0 bridgehead atoms. The first kappa shape index (κ1) is 16.1. The summed E-state index contributed by atoms with van der Waals surface area (Å²) >= 11 is 5.89. The van der Waals surface area contributed by atoms with Crippen molar-refractivity contribution in [2.45, 2.75) is 33.2 Å². The third kappa shape index (κ3) is 3.89. The van der Waals surface area contributed by atoms with Crippen LogP contribution in [0.25, 0.3) is 0 Å². The Morgan fingerprint density at radius 3 is 2.76 bits per heavy atom. The van der Waals surface area contributed by atoms with Gasteiger partial charge in [-0.15, -0.1) is 0 Å². The number of nitrogen functional groups attached to an aromatic ring is 1. The van der Waals surface area contributed by atoms with Gasteiger partial charge in [0.05, 0.1) is 16.8 Å². The minimum atomic E-state index is -0.142. The number of carbonyl (C=O) groups excluding carboxylic acids is 1. The van der Waals surface area contributed by atoms with E-state index in [0.29, 0.717) is 22.3 Å². The molecule has 1 saturated heterocycles. The molecule has 3 unspecified atom stereocenters. The van der Waals surface area contributed by atoms with E-state index in [2.05, 4.69) is 24.1 Å². The summed E-state index contributed by atoms with van der Waals surface area (Å²) < 4.78 is 0. The first-order valence-corrected chi connectivity index (χ1v) is 7.86. The predicted octanol–water partition coefficient (Wildman–Crippen LogP) is 3.23. The Morgan fingerprint density at radius 2 is 2.14 bits per heavy atom. The van der Waals surface area contributed by atoms with E-state index in [1.807, 2.05) is 6.92 Å². The molecule has 1 aromatic rings. The van der Waals surface area contributed by atoms with Crippen LogP contribution in [-0.4, -0.2) is 29.9 Å². The second-order valence-corrected chi connectivity index (χ2v) is 6.55. The number of nitrogens with zero attached hydrogens (tertiary/aromatic N) is 1. The van der Waals surface area contributed by atoms with E-state index in [9.17, 15) is 4.79 Å². The van der Waals surface area contributed by atoms with Gasteiger partial charge in [0.1, 0.15) is 0 Å². The van der Waals surface area contributed by atoms with Crippen molar-refractivity contribution in [3.8, 4) is 0 Å². The quantitative estimate of drug-likeness (QED) is 0.843. The number of nitrogens with two attached hydrogens (primary N) is 1. The van der Waals surface area contributed by atoms with E-state index in [-0.39, 0.29) is 11.9 Å². The average Bonchev–Trinajstić information content (AvgIpc) is 2.45. The van der Waals surface area contributed by atoms with Gasteiger partial charge in [-0.3, -0.25) is 9.69 Å². The molecule has 5 heteroatoms. The molecule has 1 aliphatic heterocycles. The Labute approximate surface area is 131 Å². The standard InChI is InChI=1S/C16H24ClN3O/c1-10-6-7-20(9-11(10)2)12(3)16(21)19-13-4-5-14(17)15(18)8-13/h4-5,8,10-12H,6-7,9,18H2,1-3H3,(H,19,21). The summed E-state index contributed by atoms with van der Waals surface area (Å²) in [6.07, 6.45) is 1.15. The van der Waals surface area contributed by atoms with Crippen LogP contribution in [-0.2, 0) is 4.79 Å². The normalized spacial score (nSPS) is 24.6. The zero-order valence-corrected chi connectivity index (χ0v) is 13.7. The fraction of sp³-hybridized carbons (Fsp3) is 0.562. The van der Waals surface area contributed by atoms with Gasteiger partial charge in [-0.1, -0.05) is 25.4 Å². The Kier molecular flexibility index (Phi) is 5.12. The number of halogens is 1. The van der Waals surface area contributed by atoms with Gasteiger partial charge in [-0.25, -0.2) is 0 Å². The summed E-state index contributed by atoms with van der Waals surface area (Å²) in [5.41, 5.74) is 6.92. The van der Waals surface area contributed by atoms with Crippen molar-refractivity contribution in [3.05, 3.63) is 23.2 Å². The Morgan fingerprint density at radius 1 is 1.43 bits per heavy atom. The van der Waals surface area contributed by atoms with Gasteiger partial charge in [0.15, 0.2) is 0 Å². The maximum Gasteiger partial charge on any atom is 0.241 e. The summed E-state index contributed by atoms with van der Waals surface area (Å²) in [6, 6.07) is 5.01. The molecule has 1 amide bonds. The number of carbonyl (C=O) groups is 1. The van der Waals surface area contributed by atoms with E-state index in [4.69, 9.17) is 17.3 Å². The van der Waals surface area contributed by atoms with Crippen LogP contribution in [0.1, 0.15) is 27.2 Å². The number of benzene rings is 1. The van der Waals surface area contributed by atoms with Crippen LogP contribution >= 0.6 is 11.6 Å². The molecule has 0 radical (unpaired) electrons. The predicted molar refractivity (Wildman–Crippen MR) is 88.5 cm³/mol. The van der Waals surface area contributed by atoms with Crippen LogP contribution in [0.15, 0.2) is 18.2 Å². The molecule has 0 spiro atoms. The maximum atomic E-state index is 12.4. The lowest BCUT2D eigenvalue weighted by atomic mass is 9.88. The van der Waals surface area contributed by atoms with Gasteiger partial charge >= 0.3 is 0 Å². The molecule has 1 aromatic carbocycles. The minimum Gasteiger partial charge on any atom is -0.397 e. The van der Waals surface area contributed by atoms with E-state index >= 15 is 0 Å². The number of likely N-dealkylation sites (tertiary alicyclic amines) is 1. The van der Waals surface area contributed by atoms with Gasteiger partial charge in [0.25, 0.3) is 0 Å². The summed E-state index contributed by atoms with van der Waals surface area (Å²) in [6.45, 7) is 8.43. The second kappa shape index (κ2) is 6.67. The van der Waals surface area contributed by atoms with Crippen molar-refractivity contribution < 1.29 is 4.79 Å². The van der Waals surface area contributed by atoms with Gasteiger partial charge < -0.3 is 11.1 Å². The lowest BCUT2D eigenvalue weighted by Crippen LogP contribution is -2.48. The first-order chi connectivity index (χ1) is 9.88. The third-order valence-corrected chi connectivity index (χ3v) is 4.90. The van der Waals surface area contributed by atoms with Crippen LogP contribution in [0.5, 0.6) is 0 Å². The first-order valence-electron chi connectivity index (χ1n) is 7.48. The smallest absolute Gasteiger partial charge is 0.241 e. The highest BCUT2D eigenvalue weighted by atomic mass is 35.5. The molecule has 3 N–H and O–H groups in total. The van der Waals surface area contributed by atoms with Crippen molar-refractivity contribution in [1.82, 2.24) is 4.90 Å². The number of nitrogens with one attached hydrogen (secondary N) is 1. The molecule has 1 heterocycles. The highest BCUT2D eigenvalue weighted by molar-refractivity contribution is 6.33. The molecular formula is C16H24ClN3O. The SMILES string of the molecule is CC1CCN(C(C)C(=O)Nc2ccc(Cl)c(N)c2)CC1C. The largest absolute Gasteiger partial charge is 0.397 e. The number of anilines is 2. The molecule has 0 aliphatic carbocycles. The lowest BCUT2D eigenvalue weighted by molar-refractivity contribution is -0.121. The molecule has 1 aliphatic rings. The Balaban J connectivity index is 1.97. The second-order valence-electron chi connectivity index (χ2n) is 6.14. The van der Waals surface area contributed by atoms with Gasteiger partial charge in [0.2, 0.25) is 5.91 Å². The molecule has 2 rings (SSSR count). The Hall–Kier alpha value is -1.26. The molecule has 21 heavy (non-hydrogen) atoms. The van der Waals surface area contributed by atoms with Gasteiger partial charge in [-0.2, -0.15) is 0 Å². The molecule has 116 valence electrons. The topological polar surface area (TPSA) is 58.4 Å². The van der Waals surface area contributed by atoms with E-state index < -0.39 is 0 Å². The summed E-state index contributed by atoms with van der Waals surface area (Å²) in [5, 5.41) is 3.41. The maximum absolute atomic E-state index is 12.4. The minimum absolute atomic E-state index is 0.00141. The van der Waals surface area contributed by atoms with Crippen LogP contribution in [0.2, 0.25) is 5.02 Å². The summed E-state index contributed by atoms with van der Waals surface area (Å²) in [4.78, 5) is 14.6. The van der Waals surface area contributed by atoms with Crippen LogP contribution < -0.4 is 11.1 Å².